The zero-order valence-corrected chi connectivity index (χ0v) is 18.9. The summed E-state index contributed by atoms with van der Waals surface area (Å²) in [5.74, 6) is 3.95. The first-order chi connectivity index (χ1) is 15.6. The van der Waals surface area contributed by atoms with Gasteiger partial charge in [0, 0.05) is 49.7 Å². The Kier molecular flexibility index (Phi) is 6.36. The molecule has 2 aromatic carbocycles. The molecule has 0 radical (unpaired) electrons. The minimum Gasteiger partial charge on any atom is -0.497 e. The fraction of sp³-hybridized carbons (Fsp3) is 0.391. The van der Waals surface area contributed by atoms with E-state index in [2.05, 4.69) is 14.8 Å². The molecule has 4 rings (SSSR count). The number of nitrogen functional groups attached to an aromatic ring is 1. The molecule has 0 saturated carbocycles. The lowest BCUT2D eigenvalue weighted by molar-refractivity contribution is 0.244. The standard InChI is InChI=1S/C23H29N5O4/c1-29-16-5-6-19(30-2)15(11-16)14-27-7-9-28(10-8-27)23-25-18-13-21(32-4)20(31-3)12-17(18)22(24)26-23/h5-6,11-13H,7-10,14H2,1-4H3,(H2,24,25,26). The van der Waals surface area contributed by atoms with Crippen molar-refractivity contribution in [2.24, 2.45) is 0 Å². The summed E-state index contributed by atoms with van der Waals surface area (Å²) < 4.78 is 21.7. The monoisotopic (exact) mass is 439 g/mol. The average molecular weight is 440 g/mol. The van der Waals surface area contributed by atoms with Crippen LogP contribution in [0.1, 0.15) is 5.56 Å². The normalized spacial score (nSPS) is 14.4. The van der Waals surface area contributed by atoms with Crippen LogP contribution in [0.3, 0.4) is 0 Å². The highest BCUT2D eigenvalue weighted by Crippen LogP contribution is 2.34. The highest BCUT2D eigenvalue weighted by molar-refractivity contribution is 5.91. The van der Waals surface area contributed by atoms with E-state index >= 15 is 0 Å². The molecular weight excluding hydrogens is 410 g/mol. The molecule has 0 aliphatic carbocycles. The smallest absolute Gasteiger partial charge is 0.227 e. The van der Waals surface area contributed by atoms with Crippen molar-refractivity contribution in [3.63, 3.8) is 0 Å². The van der Waals surface area contributed by atoms with Crippen molar-refractivity contribution >= 4 is 22.7 Å². The summed E-state index contributed by atoms with van der Waals surface area (Å²) in [6, 6.07) is 9.53. The molecule has 1 aromatic heterocycles. The summed E-state index contributed by atoms with van der Waals surface area (Å²) in [6.07, 6.45) is 0. The van der Waals surface area contributed by atoms with Gasteiger partial charge in [-0.05, 0) is 24.3 Å². The van der Waals surface area contributed by atoms with E-state index in [-0.39, 0.29) is 0 Å². The zero-order chi connectivity index (χ0) is 22.7. The van der Waals surface area contributed by atoms with Crippen LogP contribution in [0.15, 0.2) is 30.3 Å². The second-order valence-electron chi connectivity index (χ2n) is 7.57. The second-order valence-corrected chi connectivity index (χ2v) is 7.57. The molecule has 1 saturated heterocycles. The largest absolute Gasteiger partial charge is 0.497 e. The predicted molar refractivity (Wildman–Crippen MR) is 124 cm³/mol. The molecule has 2 heterocycles. The van der Waals surface area contributed by atoms with Crippen LogP contribution in [-0.4, -0.2) is 69.5 Å². The lowest BCUT2D eigenvalue weighted by Gasteiger charge is -2.35. The van der Waals surface area contributed by atoms with Crippen molar-refractivity contribution in [2.75, 3.05) is 65.3 Å². The van der Waals surface area contributed by atoms with Gasteiger partial charge in [0.2, 0.25) is 5.95 Å². The Morgan fingerprint density at radius 3 is 2.16 bits per heavy atom. The van der Waals surface area contributed by atoms with Crippen molar-refractivity contribution in [1.29, 1.82) is 0 Å². The van der Waals surface area contributed by atoms with Gasteiger partial charge in [-0.15, -0.1) is 0 Å². The number of piperazine rings is 1. The molecule has 9 nitrogen and oxygen atoms in total. The molecule has 1 fully saturated rings. The van der Waals surface area contributed by atoms with Crippen LogP contribution in [0.2, 0.25) is 0 Å². The van der Waals surface area contributed by atoms with Gasteiger partial charge in [-0.2, -0.15) is 4.98 Å². The van der Waals surface area contributed by atoms with Crippen LogP contribution >= 0.6 is 0 Å². The first kappa shape index (κ1) is 21.8. The van der Waals surface area contributed by atoms with Gasteiger partial charge in [0.05, 0.1) is 34.0 Å². The molecular formula is C23H29N5O4. The van der Waals surface area contributed by atoms with Gasteiger partial charge in [-0.1, -0.05) is 0 Å². The third-order valence-corrected chi connectivity index (χ3v) is 5.76. The summed E-state index contributed by atoms with van der Waals surface area (Å²) >= 11 is 0. The lowest BCUT2D eigenvalue weighted by Crippen LogP contribution is -2.46. The van der Waals surface area contributed by atoms with Gasteiger partial charge < -0.3 is 29.6 Å². The maximum absolute atomic E-state index is 6.26. The lowest BCUT2D eigenvalue weighted by atomic mass is 10.1. The molecule has 2 N–H and O–H groups in total. The van der Waals surface area contributed by atoms with Crippen LogP contribution in [0.5, 0.6) is 23.0 Å². The van der Waals surface area contributed by atoms with Crippen molar-refractivity contribution in [1.82, 2.24) is 14.9 Å². The van der Waals surface area contributed by atoms with Crippen molar-refractivity contribution in [3.05, 3.63) is 35.9 Å². The molecule has 0 spiro atoms. The Morgan fingerprint density at radius 1 is 0.812 bits per heavy atom. The molecule has 1 aliphatic rings. The third-order valence-electron chi connectivity index (χ3n) is 5.76. The van der Waals surface area contributed by atoms with E-state index in [1.54, 1.807) is 28.4 Å². The Labute approximate surface area is 187 Å². The molecule has 9 heteroatoms. The summed E-state index contributed by atoms with van der Waals surface area (Å²) in [4.78, 5) is 13.8. The van der Waals surface area contributed by atoms with Crippen LogP contribution in [0.25, 0.3) is 10.9 Å². The minimum absolute atomic E-state index is 0.425. The highest BCUT2D eigenvalue weighted by atomic mass is 16.5. The molecule has 3 aromatic rings. The second kappa shape index (κ2) is 9.35. The number of rotatable bonds is 7. The SMILES string of the molecule is COc1ccc(OC)c(CN2CCN(c3nc(N)c4cc(OC)c(OC)cc4n3)CC2)c1. The quantitative estimate of drug-likeness (QED) is 0.596. The molecule has 0 amide bonds. The number of aromatic nitrogens is 2. The number of anilines is 2. The summed E-state index contributed by atoms with van der Waals surface area (Å²) in [5.41, 5.74) is 8.09. The molecule has 170 valence electrons. The predicted octanol–water partition coefficient (Wildman–Crippen LogP) is 2.57. The Bertz CT molecular complexity index is 1100. The van der Waals surface area contributed by atoms with E-state index in [9.17, 15) is 0 Å². The Morgan fingerprint density at radius 2 is 1.50 bits per heavy atom. The Balaban J connectivity index is 1.49. The van der Waals surface area contributed by atoms with E-state index in [1.165, 1.54) is 0 Å². The first-order valence-corrected chi connectivity index (χ1v) is 10.4. The van der Waals surface area contributed by atoms with Crippen LogP contribution in [-0.2, 0) is 6.54 Å². The van der Waals surface area contributed by atoms with Gasteiger partial charge in [0.25, 0.3) is 0 Å². The molecule has 0 atom stereocenters. The number of hydrogen-bond acceptors (Lipinski definition) is 9. The number of ether oxygens (including phenoxy) is 4. The van der Waals surface area contributed by atoms with Gasteiger partial charge in [-0.25, -0.2) is 4.98 Å². The van der Waals surface area contributed by atoms with Gasteiger partial charge >= 0.3 is 0 Å². The fourth-order valence-electron chi connectivity index (χ4n) is 3.96. The van der Waals surface area contributed by atoms with E-state index in [4.69, 9.17) is 29.7 Å². The zero-order valence-electron chi connectivity index (χ0n) is 18.9. The average Bonchev–Trinajstić information content (AvgIpc) is 2.83. The van der Waals surface area contributed by atoms with E-state index in [1.807, 2.05) is 30.3 Å². The maximum Gasteiger partial charge on any atom is 0.227 e. The Hall–Kier alpha value is -3.46. The van der Waals surface area contributed by atoms with Gasteiger partial charge in [-0.3, -0.25) is 4.90 Å². The number of methoxy groups -OCH3 is 4. The van der Waals surface area contributed by atoms with Crippen molar-refractivity contribution in [2.45, 2.75) is 6.54 Å². The topological polar surface area (TPSA) is 95.2 Å². The summed E-state index contributed by atoms with van der Waals surface area (Å²) in [5, 5.41) is 0.746. The molecule has 0 bridgehead atoms. The van der Waals surface area contributed by atoms with Crippen molar-refractivity contribution in [3.8, 4) is 23.0 Å². The fourth-order valence-corrected chi connectivity index (χ4v) is 3.96. The molecule has 1 aliphatic heterocycles. The third kappa shape index (κ3) is 4.29. The first-order valence-electron chi connectivity index (χ1n) is 10.4. The number of nitrogens with two attached hydrogens (primary N) is 1. The van der Waals surface area contributed by atoms with Crippen molar-refractivity contribution < 1.29 is 18.9 Å². The summed E-state index contributed by atoms with van der Waals surface area (Å²) in [7, 11) is 6.56. The van der Waals surface area contributed by atoms with Crippen LogP contribution < -0.4 is 29.6 Å². The van der Waals surface area contributed by atoms with Gasteiger partial charge in [0.15, 0.2) is 11.5 Å². The number of nitrogens with zero attached hydrogens (tertiary/aromatic N) is 4. The molecule has 32 heavy (non-hydrogen) atoms. The van der Waals surface area contributed by atoms with E-state index < -0.39 is 0 Å². The number of hydrogen-bond donors (Lipinski definition) is 1. The molecule has 0 unspecified atom stereocenters. The number of benzene rings is 2. The number of fused-ring (bicyclic) bond motifs is 1. The van der Waals surface area contributed by atoms with Gasteiger partial charge in [0.1, 0.15) is 17.3 Å². The van der Waals surface area contributed by atoms with E-state index in [0.717, 1.165) is 60.7 Å². The van der Waals surface area contributed by atoms with Crippen LogP contribution in [0.4, 0.5) is 11.8 Å². The highest BCUT2D eigenvalue weighted by Gasteiger charge is 2.22. The van der Waals surface area contributed by atoms with E-state index in [0.29, 0.717) is 23.3 Å². The summed E-state index contributed by atoms with van der Waals surface area (Å²) in [6.45, 7) is 4.11. The minimum atomic E-state index is 0.425. The maximum atomic E-state index is 6.26. The van der Waals surface area contributed by atoms with Crippen LogP contribution in [0, 0.1) is 0 Å².